The molecule has 1 aliphatic rings. The highest BCUT2D eigenvalue weighted by Crippen LogP contribution is 2.56. The third-order valence-electron chi connectivity index (χ3n) is 19.8. The van der Waals surface area contributed by atoms with Crippen LogP contribution in [0, 0.1) is 20.8 Å². The van der Waals surface area contributed by atoms with E-state index in [1.54, 1.807) is 11.1 Å². The quantitative estimate of drug-likeness (QED) is 0.0617. The number of anilines is 3. The number of hydrogen-bond acceptors (Lipinski definition) is 1. The summed E-state index contributed by atoms with van der Waals surface area (Å²) in [5.74, 6) is 0. The summed E-state index contributed by atoms with van der Waals surface area (Å²) in [7, 11) is 0. The van der Waals surface area contributed by atoms with E-state index in [1.807, 2.05) is 0 Å². The van der Waals surface area contributed by atoms with Crippen molar-refractivity contribution in [1.82, 2.24) is 9.13 Å². The van der Waals surface area contributed by atoms with E-state index in [4.69, 9.17) is 0 Å². The molecule has 2 heterocycles. The Hall–Kier alpha value is -9.18. The molecular weight excluding hydrogens is 1070 g/mol. The van der Waals surface area contributed by atoms with Crippen molar-refractivity contribution in [3.63, 3.8) is 0 Å². The Morgan fingerprint density at radius 2 is 0.708 bits per heavy atom. The van der Waals surface area contributed by atoms with Gasteiger partial charge in [-0.3, -0.25) is 0 Å². The normalized spacial score (nSPS) is 12.6. The van der Waals surface area contributed by atoms with Crippen molar-refractivity contribution in [2.45, 2.75) is 130 Å². The molecule has 3 heteroatoms. The maximum Gasteiger partial charge on any atom is 0.0547 e. The van der Waals surface area contributed by atoms with Gasteiger partial charge in [-0.1, -0.05) is 254 Å². The lowest BCUT2D eigenvalue weighted by molar-refractivity contribution is 0.398. The van der Waals surface area contributed by atoms with Crippen LogP contribution in [0.3, 0.4) is 0 Å². The number of benzene rings is 11. The Bertz CT molecular complexity index is 4560. The van der Waals surface area contributed by atoms with Gasteiger partial charge in [0.2, 0.25) is 0 Å². The minimum Gasteiger partial charge on any atom is -0.311 e. The zero-order valence-electron chi connectivity index (χ0n) is 52.8. The van der Waals surface area contributed by atoms with Crippen LogP contribution < -0.4 is 4.90 Å². The summed E-state index contributed by atoms with van der Waals surface area (Å²) in [6.07, 6.45) is 18.3. The maximum absolute atomic E-state index is 2.64. The van der Waals surface area contributed by atoms with Crippen LogP contribution in [-0.4, -0.2) is 9.13 Å². The monoisotopic (exact) mass is 1160 g/mol. The number of fused-ring (bicyclic) bond motifs is 9. The van der Waals surface area contributed by atoms with Crippen LogP contribution >= 0.6 is 0 Å². The van der Waals surface area contributed by atoms with Gasteiger partial charge >= 0.3 is 0 Å². The third-order valence-corrected chi connectivity index (χ3v) is 19.8. The van der Waals surface area contributed by atoms with Gasteiger partial charge in [0.1, 0.15) is 0 Å². The highest BCUT2D eigenvalue weighted by molar-refractivity contribution is 6.11. The molecule has 0 unspecified atom stereocenters. The second kappa shape index (κ2) is 25.1. The Balaban J connectivity index is 0.758. The van der Waals surface area contributed by atoms with E-state index in [0.29, 0.717) is 0 Å². The second-order valence-corrected chi connectivity index (χ2v) is 25.7. The summed E-state index contributed by atoms with van der Waals surface area (Å²) in [5.41, 5.74) is 28.0. The second-order valence-electron chi connectivity index (χ2n) is 25.7. The number of unbranched alkanes of at least 4 members (excludes halogenated alkanes) is 10. The van der Waals surface area contributed by atoms with Crippen molar-refractivity contribution in [3.05, 3.63) is 270 Å². The molecule has 0 radical (unpaired) electrons. The summed E-state index contributed by atoms with van der Waals surface area (Å²) in [4.78, 5) is 2.42. The summed E-state index contributed by atoms with van der Waals surface area (Å²) in [5, 5.41) is 5.05. The van der Waals surface area contributed by atoms with Gasteiger partial charge < -0.3 is 14.0 Å². The summed E-state index contributed by atoms with van der Waals surface area (Å²) < 4.78 is 4.82. The molecule has 0 saturated carbocycles. The number of para-hydroxylation sites is 3. The van der Waals surface area contributed by atoms with Gasteiger partial charge in [0.15, 0.2) is 0 Å². The molecule has 0 spiro atoms. The van der Waals surface area contributed by atoms with Gasteiger partial charge in [-0.2, -0.15) is 0 Å². The van der Waals surface area contributed by atoms with Gasteiger partial charge in [0.25, 0.3) is 0 Å². The molecule has 0 amide bonds. The molecule has 14 rings (SSSR count). The smallest absolute Gasteiger partial charge is 0.0547 e. The predicted molar refractivity (Wildman–Crippen MR) is 383 cm³/mol. The molecule has 13 aromatic rings. The number of hydrogen-bond donors (Lipinski definition) is 0. The summed E-state index contributed by atoms with van der Waals surface area (Å²) in [6.45, 7) is 11.5. The standard InChI is InChI=1S/C86H83N3/c1-6-8-10-12-14-22-54-86(55-23-15-13-11-9-7-2)80-56-61(4)32-52-73(80)79-57-62(5)78(59-81(79)86)66-39-50-70(51-40-66)87(68-42-30-60(3)31-43-68)69-44-37-65(38-45-69)67-41-53-77-76-26-18-21-29-84(76)89(85(77)58-67)72-48-35-64(36-49-72)63-33-46-71(47-34-63)88-82-27-19-16-24-74(82)75-25-17-20-28-83(75)88/h16-21,24-53,56-59H,6-15,22-23,54-55H2,1-5H3. The Labute approximate surface area is 528 Å². The lowest BCUT2D eigenvalue weighted by atomic mass is 9.70. The minimum absolute atomic E-state index is 0.0340. The molecule has 89 heavy (non-hydrogen) atoms. The van der Waals surface area contributed by atoms with Crippen molar-refractivity contribution < 1.29 is 0 Å². The van der Waals surface area contributed by atoms with Crippen LogP contribution in [-0.2, 0) is 5.41 Å². The number of nitrogens with zero attached hydrogens (tertiary/aromatic N) is 3. The van der Waals surface area contributed by atoms with Gasteiger partial charge in [0.05, 0.1) is 22.1 Å². The molecule has 0 N–H and O–H groups in total. The highest BCUT2D eigenvalue weighted by Gasteiger charge is 2.43. The van der Waals surface area contributed by atoms with E-state index in [2.05, 4.69) is 291 Å². The zero-order valence-corrected chi connectivity index (χ0v) is 52.8. The minimum atomic E-state index is 0.0340. The van der Waals surface area contributed by atoms with Crippen LogP contribution in [0.4, 0.5) is 17.1 Å². The van der Waals surface area contributed by atoms with Crippen LogP contribution in [0.5, 0.6) is 0 Å². The van der Waals surface area contributed by atoms with E-state index in [0.717, 1.165) is 28.4 Å². The van der Waals surface area contributed by atoms with Crippen molar-refractivity contribution in [1.29, 1.82) is 0 Å². The molecular formula is C86H83N3. The van der Waals surface area contributed by atoms with E-state index in [-0.39, 0.29) is 5.41 Å². The predicted octanol–water partition coefficient (Wildman–Crippen LogP) is 25.0. The molecule has 0 saturated heterocycles. The molecule has 2 aromatic heterocycles. The van der Waals surface area contributed by atoms with Crippen LogP contribution in [0.15, 0.2) is 243 Å². The third kappa shape index (κ3) is 11.0. The fraction of sp³-hybridized carbons (Fsp3) is 0.233. The van der Waals surface area contributed by atoms with Crippen molar-refractivity contribution in [3.8, 4) is 55.9 Å². The molecule has 0 fully saturated rings. The first-order valence-electron chi connectivity index (χ1n) is 33.4. The van der Waals surface area contributed by atoms with Gasteiger partial charge in [-0.15, -0.1) is 0 Å². The molecule has 1 aliphatic carbocycles. The Morgan fingerprint density at radius 3 is 1.24 bits per heavy atom. The maximum atomic E-state index is 2.64. The first-order valence-corrected chi connectivity index (χ1v) is 33.4. The van der Waals surface area contributed by atoms with E-state index in [1.165, 1.54) is 195 Å². The van der Waals surface area contributed by atoms with Crippen molar-refractivity contribution in [2.24, 2.45) is 0 Å². The van der Waals surface area contributed by atoms with Crippen molar-refractivity contribution in [2.75, 3.05) is 4.90 Å². The lowest BCUT2D eigenvalue weighted by Crippen LogP contribution is -2.26. The summed E-state index contributed by atoms with van der Waals surface area (Å²) in [6, 6.07) is 91.5. The van der Waals surface area contributed by atoms with E-state index < -0.39 is 0 Å². The molecule has 0 aliphatic heterocycles. The lowest BCUT2D eigenvalue weighted by Gasteiger charge is -2.33. The van der Waals surface area contributed by atoms with Crippen molar-refractivity contribution >= 4 is 60.7 Å². The topological polar surface area (TPSA) is 13.1 Å². The highest BCUT2D eigenvalue weighted by atomic mass is 15.1. The number of aromatic nitrogens is 2. The van der Waals surface area contributed by atoms with Crippen LogP contribution in [0.25, 0.3) is 99.5 Å². The average molecular weight is 1160 g/mol. The molecule has 442 valence electrons. The number of aryl methyl sites for hydroxylation is 3. The molecule has 11 aromatic carbocycles. The van der Waals surface area contributed by atoms with Gasteiger partial charge in [-0.25, -0.2) is 0 Å². The Kier molecular flexibility index (Phi) is 16.3. The van der Waals surface area contributed by atoms with Crippen LogP contribution in [0.2, 0.25) is 0 Å². The largest absolute Gasteiger partial charge is 0.311 e. The first-order chi connectivity index (χ1) is 43.8. The SMILES string of the molecule is CCCCCCCCC1(CCCCCCCC)c2cc(C)ccc2-c2cc(C)c(-c3ccc(N(c4ccc(C)cc4)c4ccc(-c5ccc6c7ccccc7n(-c7ccc(-c8ccc(-n9c%10ccccc%10c%10ccccc%109)cc8)cc7)c6c5)cc4)cc3)cc21. The fourth-order valence-electron chi connectivity index (χ4n) is 15.1. The van der Waals surface area contributed by atoms with E-state index >= 15 is 0 Å². The van der Waals surface area contributed by atoms with E-state index in [9.17, 15) is 0 Å². The van der Waals surface area contributed by atoms with Crippen LogP contribution in [0.1, 0.15) is 132 Å². The van der Waals surface area contributed by atoms with Gasteiger partial charge in [0, 0.05) is 55.4 Å². The molecule has 3 nitrogen and oxygen atoms in total. The molecule has 0 bridgehead atoms. The first kappa shape index (κ1) is 57.6. The summed E-state index contributed by atoms with van der Waals surface area (Å²) >= 11 is 0. The number of rotatable bonds is 22. The fourth-order valence-corrected chi connectivity index (χ4v) is 15.1. The average Bonchev–Trinajstić information content (AvgIpc) is 1.61. The van der Waals surface area contributed by atoms with Gasteiger partial charge in [-0.05, 0) is 186 Å². The zero-order chi connectivity index (χ0) is 60.4. The molecule has 0 atom stereocenters. The Morgan fingerprint density at radius 1 is 0.303 bits per heavy atom.